The van der Waals surface area contributed by atoms with E-state index in [-0.39, 0.29) is 17.8 Å². The third-order valence-corrected chi connectivity index (χ3v) is 9.07. The highest BCUT2D eigenvalue weighted by atomic mass is 32.2. The van der Waals surface area contributed by atoms with Crippen molar-refractivity contribution in [2.45, 2.75) is 43.5 Å². The molecule has 1 amide bonds. The topological polar surface area (TPSA) is 88.1 Å². The second-order valence-electron chi connectivity index (χ2n) is 11.3. The minimum atomic E-state index is -4.38. The van der Waals surface area contributed by atoms with E-state index in [1.165, 1.54) is 23.9 Å². The van der Waals surface area contributed by atoms with Crippen molar-refractivity contribution in [2.24, 2.45) is 5.92 Å². The fraction of sp³-hybridized carbons (Fsp3) is 0.455. The van der Waals surface area contributed by atoms with Gasteiger partial charge in [0.1, 0.15) is 5.82 Å². The molecule has 0 aliphatic carbocycles. The van der Waals surface area contributed by atoms with Crippen LogP contribution in [-0.2, 0) is 32.8 Å². The van der Waals surface area contributed by atoms with Crippen LogP contribution in [0.2, 0.25) is 0 Å². The maximum atomic E-state index is 13.2. The van der Waals surface area contributed by atoms with Gasteiger partial charge in [0.05, 0.1) is 30.4 Å². The third kappa shape index (κ3) is 8.49. The summed E-state index contributed by atoms with van der Waals surface area (Å²) >= 11 is 1.48. The Morgan fingerprint density at radius 2 is 1.63 bits per heavy atom. The number of hydrogen-bond donors (Lipinski definition) is 0. The average Bonchev–Trinajstić information content (AvgIpc) is 3.07. The van der Waals surface area contributed by atoms with E-state index in [0.29, 0.717) is 87.5 Å². The monoisotopic (exact) mass is 657 g/mol. The highest BCUT2D eigenvalue weighted by Crippen LogP contribution is 2.32. The average molecular weight is 658 g/mol. The van der Waals surface area contributed by atoms with Crippen molar-refractivity contribution in [2.75, 3.05) is 62.8 Å². The number of aromatic nitrogens is 2. The highest BCUT2D eigenvalue weighted by Gasteiger charge is 2.31. The number of halogens is 3. The minimum Gasteiger partial charge on any atom is -0.466 e. The summed E-state index contributed by atoms with van der Waals surface area (Å²) in [5, 5.41) is 0.592. The first-order valence-electron chi connectivity index (χ1n) is 15.4. The number of carbonyl (C=O) groups is 2. The molecule has 2 aliphatic rings. The van der Waals surface area contributed by atoms with Crippen LogP contribution < -0.4 is 9.80 Å². The van der Waals surface area contributed by atoms with Gasteiger partial charge < -0.3 is 24.2 Å². The van der Waals surface area contributed by atoms with Crippen LogP contribution in [0.4, 0.5) is 24.7 Å². The Bertz CT molecular complexity index is 1490. The van der Waals surface area contributed by atoms with Crippen LogP contribution in [0.25, 0.3) is 0 Å². The number of ether oxygens (including phenoxy) is 2. The zero-order chi connectivity index (χ0) is 32.7. The van der Waals surface area contributed by atoms with Crippen LogP contribution in [0.15, 0.2) is 59.8 Å². The fourth-order valence-corrected chi connectivity index (χ4v) is 6.46. The Morgan fingerprint density at radius 1 is 0.935 bits per heavy atom. The van der Waals surface area contributed by atoms with Crippen LogP contribution in [-0.4, -0.2) is 79.7 Å². The van der Waals surface area contributed by atoms with Gasteiger partial charge in [0, 0.05) is 69.4 Å². The SMILES string of the molecule is CCOC(=O)C1CCN(C(=O)c2ccc(CSc3nc(COC)cc(N4CCN(c5cccc(C(F)(F)F)c5)CC4)n3)cc2)CC1. The molecule has 0 atom stereocenters. The summed E-state index contributed by atoms with van der Waals surface area (Å²) in [6.07, 6.45) is -3.17. The Labute approximate surface area is 271 Å². The zero-order valence-corrected chi connectivity index (χ0v) is 26.8. The molecule has 0 unspecified atom stereocenters. The van der Waals surface area contributed by atoms with E-state index in [4.69, 9.17) is 14.5 Å². The second-order valence-corrected chi connectivity index (χ2v) is 12.2. The molecule has 246 valence electrons. The molecule has 46 heavy (non-hydrogen) atoms. The lowest BCUT2D eigenvalue weighted by atomic mass is 9.96. The molecule has 1 aromatic heterocycles. The number of methoxy groups -OCH3 is 1. The van der Waals surface area contributed by atoms with Crippen molar-refractivity contribution in [3.05, 3.63) is 77.0 Å². The molecule has 13 heteroatoms. The molecule has 0 spiro atoms. The number of carbonyl (C=O) groups excluding carboxylic acids is 2. The van der Waals surface area contributed by atoms with Gasteiger partial charge >= 0.3 is 12.1 Å². The summed E-state index contributed by atoms with van der Waals surface area (Å²) in [4.78, 5) is 40.4. The lowest BCUT2D eigenvalue weighted by molar-refractivity contribution is -0.149. The molecule has 0 saturated carbocycles. The molecule has 3 heterocycles. The quantitative estimate of drug-likeness (QED) is 0.155. The number of likely N-dealkylation sites (tertiary alicyclic amines) is 1. The van der Waals surface area contributed by atoms with E-state index < -0.39 is 11.7 Å². The van der Waals surface area contributed by atoms with E-state index in [0.717, 1.165) is 23.1 Å². The van der Waals surface area contributed by atoms with Gasteiger partial charge in [0.25, 0.3) is 5.91 Å². The van der Waals surface area contributed by atoms with Crippen molar-refractivity contribution in [3.63, 3.8) is 0 Å². The number of thioether (sulfide) groups is 1. The van der Waals surface area contributed by atoms with Gasteiger partial charge in [-0.25, -0.2) is 9.97 Å². The summed E-state index contributed by atoms with van der Waals surface area (Å²) in [6.45, 7) is 5.84. The molecule has 5 rings (SSSR count). The van der Waals surface area contributed by atoms with Crippen molar-refractivity contribution in [1.82, 2.24) is 14.9 Å². The molecule has 0 bridgehead atoms. The number of piperazine rings is 1. The lowest BCUT2D eigenvalue weighted by Crippen LogP contribution is -2.47. The molecule has 2 saturated heterocycles. The maximum Gasteiger partial charge on any atom is 0.416 e. The van der Waals surface area contributed by atoms with Crippen molar-refractivity contribution < 1.29 is 32.2 Å². The second kappa shape index (κ2) is 15.2. The molecule has 2 aliphatic heterocycles. The fourth-order valence-electron chi connectivity index (χ4n) is 5.63. The van der Waals surface area contributed by atoms with Crippen LogP contribution in [0.3, 0.4) is 0 Å². The minimum absolute atomic E-state index is 0.0464. The largest absolute Gasteiger partial charge is 0.466 e. The molecule has 3 aromatic rings. The molecular weight excluding hydrogens is 619 g/mol. The maximum absolute atomic E-state index is 13.2. The molecule has 2 fully saturated rings. The summed E-state index contributed by atoms with van der Waals surface area (Å²) in [5.41, 5.74) is 2.26. The van der Waals surface area contributed by atoms with Crippen LogP contribution in [0.5, 0.6) is 0 Å². The van der Waals surface area contributed by atoms with Crippen LogP contribution in [0, 0.1) is 5.92 Å². The van der Waals surface area contributed by atoms with E-state index >= 15 is 0 Å². The summed E-state index contributed by atoms with van der Waals surface area (Å²) in [6, 6.07) is 14.8. The molecule has 2 aromatic carbocycles. The number of anilines is 2. The molecular formula is C33H38F3N5O4S. The van der Waals surface area contributed by atoms with Gasteiger partial charge in [0.15, 0.2) is 5.16 Å². The smallest absolute Gasteiger partial charge is 0.416 e. The van der Waals surface area contributed by atoms with Gasteiger partial charge in [-0.1, -0.05) is 30.0 Å². The summed E-state index contributed by atoms with van der Waals surface area (Å²) in [5.74, 6) is 0.967. The first-order valence-corrected chi connectivity index (χ1v) is 16.3. The number of hydrogen-bond acceptors (Lipinski definition) is 9. The van der Waals surface area contributed by atoms with E-state index in [9.17, 15) is 22.8 Å². The van der Waals surface area contributed by atoms with E-state index in [1.807, 2.05) is 35.2 Å². The number of nitrogens with zero attached hydrogens (tertiary/aromatic N) is 5. The first kappa shape index (κ1) is 33.5. The van der Waals surface area contributed by atoms with Crippen LogP contribution >= 0.6 is 11.8 Å². The van der Waals surface area contributed by atoms with Gasteiger partial charge in [0.2, 0.25) is 0 Å². The van der Waals surface area contributed by atoms with Crippen molar-refractivity contribution in [1.29, 1.82) is 0 Å². The Hall–Kier alpha value is -3.84. The third-order valence-electron chi connectivity index (χ3n) is 8.15. The molecule has 0 N–H and O–H groups in total. The van der Waals surface area contributed by atoms with Gasteiger partial charge in [-0.2, -0.15) is 13.2 Å². The van der Waals surface area contributed by atoms with E-state index in [1.54, 1.807) is 25.0 Å². The number of alkyl halides is 3. The standard InChI is InChI=1S/C33H38F3N5O4S/c1-3-45-31(43)25-11-13-41(14-12-25)30(42)24-9-7-23(8-10-24)22-46-32-37-27(21-44-2)20-29(38-32)40-17-15-39(16-18-40)28-6-4-5-26(19-28)33(34,35)36/h4-10,19-20,25H,3,11-18,21-22H2,1-2H3. The Balaban J connectivity index is 1.17. The lowest BCUT2D eigenvalue weighted by Gasteiger charge is -2.37. The Kier molecular flexibility index (Phi) is 11.1. The number of rotatable bonds is 10. The van der Waals surface area contributed by atoms with Gasteiger partial charge in [-0.3, -0.25) is 9.59 Å². The predicted molar refractivity (Wildman–Crippen MR) is 170 cm³/mol. The predicted octanol–water partition coefficient (Wildman–Crippen LogP) is 5.68. The first-order chi connectivity index (χ1) is 22.1. The van der Waals surface area contributed by atoms with Gasteiger partial charge in [-0.05, 0) is 55.7 Å². The highest BCUT2D eigenvalue weighted by molar-refractivity contribution is 7.98. The van der Waals surface area contributed by atoms with E-state index in [2.05, 4.69) is 9.88 Å². The number of piperidine rings is 1. The Morgan fingerprint density at radius 3 is 2.28 bits per heavy atom. The number of benzene rings is 2. The zero-order valence-electron chi connectivity index (χ0n) is 26.0. The van der Waals surface area contributed by atoms with Gasteiger partial charge in [-0.15, -0.1) is 0 Å². The number of esters is 1. The van der Waals surface area contributed by atoms with Crippen molar-refractivity contribution in [3.8, 4) is 0 Å². The normalized spacial score (nSPS) is 16.1. The number of amides is 1. The van der Waals surface area contributed by atoms with Crippen LogP contribution in [0.1, 0.15) is 46.9 Å². The molecule has 0 radical (unpaired) electrons. The summed E-state index contributed by atoms with van der Waals surface area (Å²) in [7, 11) is 1.61. The van der Waals surface area contributed by atoms with Crippen molar-refractivity contribution >= 4 is 35.1 Å². The molecule has 9 nitrogen and oxygen atoms in total. The summed E-state index contributed by atoms with van der Waals surface area (Å²) < 4.78 is 50.1.